The number of rotatable bonds is 5. The van der Waals surface area contributed by atoms with E-state index in [0.29, 0.717) is 16.5 Å². The second-order valence-electron chi connectivity index (χ2n) is 8.03. The lowest BCUT2D eigenvalue weighted by molar-refractivity contribution is -0.137. The minimum atomic E-state index is -4.64. The molecular formula is C25H14Cl3F4N3O3. The number of halogens is 7. The van der Waals surface area contributed by atoms with Crippen molar-refractivity contribution < 1.29 is 31.9 Å². The quantitative estimate of drug-likeness (QED) is 0.246. The van der Waals surface area contributed by atoms with E-state index in [1.165, 1.54) is 24.3 Å². The number of benzene rings is 3. The summed E-state index contributed by atoms with van der Waals surface area (Å²) in [6.45, 7) is 1.64. The van der Waals surface area contributed by atoms with Gasteiger partial charge in [-0.15, -0.1) is 0 Å². The number of amides is 3. The third kappa shape index (κ3) is 5.33. The number of nitrogens with one attached hydrogen (secondary N) is 2. The topological polar surface area (TPSA) is 78.5 Å². The van der Waals surface area contributed by atoms with E-state index in [2.05, 4.69) is 10.6 Å². The lowest BCUT2D eigenvalue weighted by Gasteiger charge is -2.16. The number of hydrogen-bond acceptors (Lipinski definition) is 4. The molecule has 0 saturated carbocycles. The molecule has 3 aromatic carbocycles. The standard InChI is InChI=1S/C25H14Cl3F4N3O3/c1-11-2-3-12(22(36)34-19-9-13(25(30,31)32)4-6-15(19)26)8-18(11)33-21-20(28)23(37)35(24(21)38)14-5-7-17(29)16(27)10-14/h2-10,33H,1H3,(H,34,36). The highest BCUT2D eigenvalue weighted by Gasteiger charge is 2.39. The summed E-state index contributed by atoms with van der Waals surface area (Å²) in [5, 5.41) is 4.20. The molecule has 1 aliphatic heterocycles. The average molecular weight is 587 g/mol. The van der Waals surface area contributed by atoms with Crippen LogP contribution in [0.5, 0.6) is 0 Å². The van der Waals surface area contributed by atoms with Crippen molar-refractivity contribution in [3.8, 4) is 0 Å². The Morgan fingerprint density at radius 2 is 1.58 bits per heavy atom. The molecule has 196 valence electrons. The minimum absolute atomic E-state index is 0.00208. The van der Waals surface area contributed by atoms with Crippen molar-refractivity contribution >= 4 is 69.6 Å². The molecule has 4 rings (SSSR count). The van der Waals surface area contributed by atoms with Crippen LogP contribution in [0.3, 0.4) is 0 Å². The van der Waals surface area contributed by atoms with Gasteiger partial charge in [-0.2, -0.15) is 13.2 Å². The lowest BCUT2D eigenvalue weighted by atomic mass is 10.1. The van der Waals surface area contributed by atoms with E-state index in [0.717, 1.165) is 24.3 Å². The average Bonchev–Trinajstić information content (AvgIpc) is 3.05. The molecular weight excluding hydrogens is 573 g/mol. The maximum Gasteiger partial charge on any atom is 0.416 e. The van der Waals surface area contributed by atoms with Crippen LogP contribution < -0.4 is 15.5 Å². The molecule has 3 aromatic rings. The highest BCUT2D eigenvalue weighted by Crippen LogP contribution is 2.35. The van der Waals surface area contributed by atoms with Crippen LogP contribution >= 0.6 is 34.8 Å². The Morgan fingerprint density at radius 3 is 2.24 bits per heavy atom. The lowest BCUT2D eigenvalue weighted by Crippen LogP contribution is -2.32. The number of imide groups is 1. The van der Waals surface area contributed by atoms with Gasteiger partial charge in [0.1, 0.15) is 16.5 Å². The van der Waals surface area contributed by atoms with Crippen LogP contribution in [0.4, 0.5) is 34.6 Å². The van der Waals surface area contributed by atoms with E-state index in [1.54, 1.807) is 6.92 Å². The van der Waals surface area contributed by atoms with Gasteiger partial charge in [0.2, 0.25) is 0 Å². The first-order valence-corrected chi connectivity index (χ1v) is 11.7. The Balaban J connectivity index is 1.59. The monoisotopic (exact) mass is 585 g/mol. The number of carbonyl (C=O) groups is 3. The number of nitrogens with zero attached hydrogens (tertiary/aromatic N) is 1. The van der Waals surface area contributed by atoms with Gasteiger partial charge in [-0.1, -0.05) is 40.9 Å². The van der Waals surface area contributed by atoms with Gasteiger partial charge in [0.25, 0.3) is 17.7 Å². The van der Waals surface area contributed by atoms with Gasteiger partial charge in [-0.3, -0.25) is 14.4 Å². The van der Waals surface area contributed by atoms with E-state index < -0.39 is 40.3 Å². The Bertz CT molecular complexity index is 1540. The number of hydrogen-bond donors (Lipinski definition) is 2. The maximum atomic E-state index is 13.5. The maximum absolute atomic E-state index is 13.5. The largest absolute Gasteiger partial charge is 0.416 e. The fraction of sp³-hybridized carbons (Fsp3) is 0.0800. The smallest absolute Gasteiger partial charge is 0.349 e. The number of anilines is 3. The Morgan fingerprint density at radius 1 is 0.868 bits per heavy atom. The molecule has 0 aromatic heterocycles. The molecule has 0 atom stereocenters. The summed E-state index contributed by atoms with van der Waals surface area (Å²) in [7, 11) is 0. The molecule has 2 N–H and O–H groups in total. The van der Waals surface area contributed by atoms with Crippen molar-refractivity contribution in [2.75, 3.05) is 15.5 Å². The summed E-state index contributed by atoms with van der Waals surface area (Å²) >= 11 is 17.9. The molecule has 1 aliphatic rings. The first kappa shape index (κ1) is 27.4. The van der Waals surface area contributed by atoms with Crippen LogP contribution in [-0.4, -0.2) is 17.7 Å². The summed E-state index contributed by atoms with van der Waals surface area (Å²) in [5.74, 6) is -3.27. The van der Waals surface area contributed by atoms with Crippen LogP contribution in [0.1, 0.15) is 21.5 Å². The van der Waals surface area contributed by atoms with Crippen molar-refractivity contribution in [2.24, 2.45) is 0 Å². The van der Waals surface area contributed by atoms with Crippen LogP contribution in [-0.2, 0) is 15.8 Å². The predicted molar refractivity (Wildman–Crippen MR) is 136 cm³/mol. The predicted octanol–water partition coefficient (Wildman–Crippen LogP) is 7.15. The highest BCUT2D eigenvalue weighted by atomic mass is 35.5. The first-order chi connectivity index (χ1) is 17.8. The third-order valence-electron chi connectivity index (χ3n) is 5.49. The van der Waals surface area contributed by atoms with Gasteiger partial charge in [0.05, 0.1) is 27.0 Å². The molecule has 6 nitrogen and oxygen atoms in total. The minimum Gasteiger partial charge on any atom is -0.349 e. The summed E-state index contributed by atoms with van der Waals surface area (Å²) in [6, 6.07) is 10.00. The summed E-state index contributed by atoms with van der Waals surface area (Å²) in [6.07, 6.45) is -4.64. The zero-order valence-corrected chi connectivity index (χ0v) is 21.3. The van der Waals surface area contributed by atoms with Crippen molar-refractivity contribution in [3.05, 3.63) is 97.9 Å². The van der Waals surface area contributed by atoms with Gasteiger partial charge < -0.3 is 10.6 Å². The zero-order chi connectivity index (χ0) is 27.9. The second kappa shape index (κ2) is 10.3. The van der Waals surface area contributed by atoms with E-state index in [9.17, 15) is 31.9 Å². The van der Waals surface area contributed by atoms with Gasteiger partial charge in [-0.05, 0) is 61.0 Å². The molecule has 0 radical (unpaired) electrons. The molecule has 0 unspecified atom stereocenters. The van der Waals surface area contributed by atoms with E-state index >= 15 is 0 Å². The summed E-state index contributed by atoms with van der Waals surface area (Å²) < 4.78 is 52.7. The summed E-state index contributed by atoms with van der Waals surface area (Å²) in [4.78, 5) is 39.2. The normalized spacial score (nSPS) is 13.8. The van der Waals surface area contributed by atoms with E-state index in [-0.39, 0.29) is 38.4 Å². The van der Waals surface area contributed by atoms with Gasteiger partial charge in [0.15, 0.2) is 0 Å². The fourth-order valence-electron chi connectivity index (χ4n) is 3.49. The van der Waals surface area contributed by atoms with Gasteiger partial charge in [0, 0.05) is 11.3 Å². The molecule has 0 fully saturated rings. The molecule has 38 heavy (non-hydrogen) atoms. The molecule has 0 spiro atoms. The first-order valence-electron chi connectivity index (χ1n) is 10.6. The fourth-order valence-corrected chi connectivity index (χ4v) is 4.05. The van der Waals surface area contributed by atoms with Crippen molar-refractivity contribution in [2.45, 2.75) is 13.1 Å². The van der Waals surface area contributed by atoms with Crippen LogP contribution in [0.15, 0.2) is 65.3 Å². The zero-order valence-electron chi connectivity index (χ0n) is 19.0. The number of alkyl halides is 3. The number of aryl methyl sites for hydroxylation is 1. The second-order valence-corrected chi connectivity index (χ2v) is 9.23. The molecule has 0 aliphatic carbocycles. The SMILES string of the molecule is Cc1ccc(C(=O)Nc2cc(C(F)(F)F)ccc2Cl)cc1NC1=C(Cl)C(=O)N(c2ccc(F)c(Cl)c2)C1=O. The van der Waals surface area contributed by atoms with Crippen LogP contribution in [0, 0.1) is 12.7 Å². The van der Waals surface area contributed by atoms with Crippen LogP contribution in [0.2, 0.25) is 10.0 Å². The van der Waals surface area contributed by atoms with Crippen LogP contribution in [0.25, 0.3) is 0 Å². The molecule has 1 heterocycles. The van der Waals surface area contributed by atoms with Crippen molar-refractivity contribution in [1.29, 1.82) is 0 Å². The van der Waals surface area contributed by atoms with Crippen molar-refractivity contribution in [1.82, 2.24) is 0 Å². The molecule has 13 heteroatoms. The Hall–Kier alpha value is -3.60. The Labute approximate surface area is 227 Å². The van der Waals surface area contributed by atoms with Gasteiger partial charge in [-0.25, -0.2) is 9.29 Å². The summed E-state index contributed by atoms with van der Waals surface area (Å²) in [5.41, 5.74) is -0.815. The third-order valence-corrected chi connectivity index (χ3v) is 6.46. The number of carbonyl (C=O) groups excluding carboxylic acids is 3. The van der Waals surface area contributed by atoms with E-state index in [1.807, 2.05) is 0 Å². The molecule has 0 bridgehead atoms. The van der Waals surface area contributed by atoms with E-state index in [4.69, 9.17) is 34.8 Å². The van der Waals surface area contributed by atoms with Gasteiger partial charge >= 0.3 is 6.18 Å². The highest BCUT2D eigenvalue weighted by molar-refractivity contribution is 6.53. The Kier molecular flexibility index (Phi) is 7.42. The van der Waals surface area contributed by atoms with Crippen molar-refractivity contribution in [3.63, 3.8) is 0 Å². The molecule has 3 amide bonds. The molecule has 0 saturated heterocycles.